The molecule has 1 aliphatic heterocycles. The normalized spacial score (nSPS) is 14.6. The second kappa shape index (κ2) is 7.61. The van der Waals surface area contributed by atoms with Crippen molar-refractivity contribution in [2.24, 2.45) is 5.92 Å². The average molecular weight is 330 g/mol. The number of hydrogen-bond donors (Lipinski definition) is 2. The number of nitrogens with zero attached hydrogens (tertiary/aromatic N) is 2. The molecule has 0 radical (unpaired) electrons. The Morgan fingerprint density at radius 3 is 2.16 bits per heavy atom. The van der Waals surface area contributed by atoms with E-state index in [1.807, 2.05) is 36.4 Å². The molecule has 0 aliphatic carbocycles. The van der Waals surface area contributed by atoms with E-state index < -0.39 is 6.04 Å². The van der Waals surface area contributed by atoms with E-state index in [2.05, 4.69) is 22.8 Å². The van der Waals surface area contributed by atoms with Crippen LogP contribution in [0.4, 0.5) is 0 Å². The van der Waals surface area contributed by atoms with Crippen molar-refractivity contribution in [2.75, 3.05) is 13.1 Å². The Bertz CT molecular complexity index is 824. The van der Waals surface area contributed by atoms with Crippen molar-refractivity contribution >= 4 is 5.91 Å². The van der Waals surface area contributed by atoms with Gasteiger partial charge in [0, 0.05) is 19.5 Å². The lowest BCUT2D eigenvalue weighted by Crippen LogP contribution is -2.52. The minimum atomic E-state index is -0.520. The summed E-state index contributed by atoms with van der Waals surface area (Å²) in [5.74, 6) is -0.0749. The Morgan fingerprint density at radius 2 is 1.68 bits per heavy atom. The summed E-state index contributed by atoms with van der Waals surface area (Å²) in [6.07, 6.45) is 0.482. The van der Waals surface area contributed by atoms with Gasteiger partial charge in [0.25, 0.3) is 0 Å². The second-order valence-corrected chi connectivity index (χ2v) is 6.14. The third kappa shape index (κ3) is 4.03. The van der Waals surface area contributed by atoms with E-state index in [0.29, 0.717) is 25.1 Å². The highest BCUT2D eigenvalue weighted by molar-refractivity contribution is 5.80. The van der Waals surface area contributed by atoms with Crippen molar-refractivity contribution < 1.29 is 4.79 Å². The van der Waals surface area contributed by atoms with Gasteiger partial charge in [-0.25, -0.2) is 0 Å². The number of carbonyl (C=O) groups is 1. The zero-order valence-electron chi connectivity index (χ0n) is 13.7. The molecule has 0 bridgehead atoms. The quantitative estimate of drug-likeness (QED) is 0.877. The van der Waals surface area contributed by atoms with Crippen molar-refractivity contribution in [3.8, 4) is 23.3 Å². The first kappa shape index (κ1) is 16.7. The summed E-state index contributed by atoms with van der Waals surface area (Å²) < 4.78 is 0. The molecule has 0 saturated carbocycles. The Kier molecular flexibility index (Phi) is 5.09. The Balaban J connectivity index is 1.63. The van der Waals surface area contributed by atoms with Gasteiger partial charge in [0.05, 0.1) is 23.6 Å². The molecule has 1 aliphatic rings. The van der Waals surface area contributed by atoms with Gasteiger partial charge in [0.2, 0.25) is 5.91 Å². The topological polar surface area (TPSA) is 88.7 Å². The van der Waals surface area contributed by atoms with Crippen molar-refractivity contribution in [3.63, 3.8) is 0 Å². The summed E-state index contributed by atoms with van der Waals surface area (Å²) in [6.45, 7) is 1.37. The van der Waals surface area contributed by atoms with Gasteiger partial charge in [0.1, 0.15) is 6.04 Å². The van der Waals surface area contributed by atoms with Crippen LogP contribution in [0.5, 0.6) is 0 Å². The minimum Gasteiger partial charge on any atom is -0.340 e. The zero-order valence-corrected chi connectivity index (χ0v) is 13.7. The van der Waals surface area contributed by atoms with E-state index in [9.17, 15) is 10.1 Å². The fourth-order valence-corrected chi connectivity index (χ4v) is 2.70. The number of carbonyl (C=O) groups excluding carboxylic acids is 1. The zero-order chi connectivity index (χ0) is 17.6. The number of amides is 1. The molecule has 2 aromatic rings. The lowest BCUT2D eigenvalue weighted by Gasteiger charge is -2.26. The molecule has 1 atom stereocenters. The fourth-order valence-electron chi connectivity index (χ4n) is 2.70. The van der Waals surface area contributed by atoms with Gasteiger partial charge in [-0.05, 0) is 28.8 Å². The maximum Gasteiger partial charge on any atom is 0.226 e. The molecular formula is C20H18N4O. The molecule has 1 fully saturated rings. The van der Waals surface area contributed by atoms with Gasteiger partial charge in [-0.2, -0.15) is 10.5 Å². The van der Waals surface area contributed by atoms with Crippen molar-refractivity contribution in [1.82, 2.24) is 10.6 Å². The third-order valence-electron chi connectivity index (χ3n) is 4.37. The average Bonchev–Trinajstić information content (AvgIpc) is 2.60. The Morgan fingerprint density at radius 1 is 1.08 bits per heavy atom. The van der Waals surface area contributed by atoms with E-state index in [-0.39, 0.29) is 11.8 Å². The first-order valence-corrected chi connectivity index (χ1v) is 8.20. The van der Waals surface area contributed by atoms with Gasteiger partial charge in [-0.3, -0.25) is 4.79 Å². The van der Waals surface area contributed by atoms with Gasteiger partial charge < -0.3 is 10.6 Å². The predicted octanol–water partition coefficient (Wildman–Crippen LogP) is 2.00. The van der Waals surface area contributed by atoms with Crippen LogP contribution in [0.2, 0.25) is 0 Å². The Hall–Kier alpha value is -3.15. The van der Waals surface area contributed by atoms with E-state index in [4.69, 9.17) is 5.26 Å². The first-order valence-electron chi connectivity index (χ1n) is 8.20. The van der Waals surface area contributed by atoms with Crippen molar-refractivity contribution in [3.05, 3.63) is 59.7 Å². The van der Waals surface area contributed by atoms with Crippen LogP contribution in [0.15, 0.2) is 48.5 Å². The van der Waals surface area contributed by atoms with Crippen molar-refractivity contribution in [1.29, 1.82) is 10.5 Å². The summed E-state index contributed by atoms with van der Waals surface area (Å²) in [4.78, 5) is 12.0. The van der Waals surface area contributed by atoms with Gasteiger partial charge in [-0.1, -0.05) is 36.4 Å². The molecule has 3 rings (SSSR count). The molecule has 1 heterocycles. The summed E-state index contributed by atoms with van der Waals surface area (Å²) in [5.41, 5.74) is 3.71. The highest BCUT2D eigenvalue weighted by Crippen LogP contribution is 2.20. The number of benzene rings is 2. The lowest BCUT2D eigenvalue weighted by molar-refractivity contribution is -0.126. The number of hydrogen-bond acceptors (Lipinski definition) is 4. The monoisotopic (exact) mass is 330 g/mol. The maximum atomic E-state index is 12.0. The molecule has 124 valence electrons. The molecule has 2 aromatic carbocycles. The lowest BCUT2D eigenvalue weighted by atomic mass is 9.99. The molecule has 25 heavy (non-hydrogen) atoms. The third-order valence-corrected chi connectivity index (χ3v) is 4.37. The van der Waals surface area contributed by atoms with E-state index in [0.717, 1.165) is 16.7 Å². The summed E-state index contributed by atoms with van der Waals surface area (Å²) in [5, 5.41) is 24.0. The number of nitriles is 2. The van der Waals surface area contributed by atoms with E-state index in [1.54, 1.807) is 12.1 Å². The SMILES string of the molecule is N#Cc1ccc(-c2ccc(C[C@@H](C#N)NC(=O)C3CNC3)cc2)cc1. The van der Waals surface area contributed by atoms with Crippen LogP contribution in [0, 0.1) is 28.6 Å². The fraction of sp³-hybridized carbons (Fsp3) is 0.250. The van der Waals surface area contributed by atoms with Crippen LogP contribution in [0.25, 0.3) is 11.1 Å². The molecule has 2 N–H and O–H groups in total. The van der Waals surface area contributed by atoms with Crippen LogP contribution in [-0.4, -0.2) is 25.0 Å². The van der Waals surface area contributed by atoms with Crippen LogP contribution < -0.4 is 10.6 Å². The van der Waals surface area contributed by atoms with Gasteiger partial charge in [-0.15, -0.1) is 0 Å². The second-order valence-electron chi connectivity index (χ2n) is 6.14. The molecule has 0 aromatic heterocycles. The highest BCUT2D eigenvalue weighted by Gasteiger charge is 2.26. The minimum absolute atomic E-state index is 0.0189. The van der Waals surface area contributed by atoms with Crippen LogP contribution in [-0.2, 0) is 11.2 Å². The van der Waals surface area contributed by atoms with E-state index in [1.165, 1.54) is 0 Å². The van der Waals surface area contributed by atoms with Crippen LogP contribution in [0.1, 0.15) is 11.1 Å². The summed E-state index contributed by atoms with van der Waals surface area (Å²) in [7, 11) is 0. The summed E-state index contributed by atoms with van der Waals surface area (Å²) >= 11 is 0. The van der Waals surface area contributed by atoms with Crippen LogP contribution in [0.3, 0.4) is 0 Å². The molecule has 0 spiro atoms. The molecule has 1 saturated heterocycles. The Labute approximate surface area is 146 Å². The standard InChI is InChI=1S/C20H18N4O/c21-10-15-3-7-17(8-4-15)16-5-1-14(2-6-16)9-19(11-22)24-20(25)18-12-23-13-18/h1-8,18-19,23H,9,12-13H2,(H,24,25)/t19-/m0/s1. The summed E-state index contributed by atoms with van der Waals surface area (Å²) in [6, 6.07) is 19.1. The first-order chi connectivity index (χ1) is 12.2. The maximum absolute atomic E-state index is 12.0. The number of rotatable bonds is 5. The molecule has 1 amide bonds. The van der Waals surface area contributed by atoms with Crippen LogP contribution >= 0.6 is 0 Å². The predicted molar refractivity (Wildman–Crippen MR) is 94.2 cm³/mol. The van der Waals surface area contributed by atoms with E-state index >= 15 is 0 Å². The molecular weight excluding hydrogens is 312 g/mol. The van der Waals surface area contributed by atoms with Crippen molar-refractivity contribution in [2.45, 2.75) is 12.5 Å². The smallest absolute Gasteiger partial charge is 0.226 e. The highest BCUT2D eigenvalue weighted by atomic mass is 16.2. The largest absolute Gasteiger partial charge is 0.340 e. The van der Waals surface area contributed by atoms with Gasteiger partial charge in [0.15, 0.2) is 0 Å². The molecule has 5 heteroatoms. The molecule has 5 nitrogen and oxygen atoms in total. The van der Waals surface area contributed by atoms with Gasteiger partial charge >= 0.3 is 0 Å². The molecule has 0 unspecified atom stereocenters. The number of nitrogens with one attached hydrogen (secondary N) is 2.